The predicted molar refractivity (Wildman–Crippen MR) is 86.2 cm³/mol. The molecule has 0 spiro atoms. The van der Waals surface area contributed by atoms with E-state index in [1.165, 1.54) is 30.6 Å². The average molecular weight is 311 g/mol. The van der Waals surface area contributed by atoms with Gasteiger partial charge in [-0.25, -0.2) is 4.98 Å². The molecule has 110 valence electrons. The van der Waals surface area contributed by atoms with E-state index in [1.807, 2.05) is 6.92 Å². The number of thiazole rings is 1. The number of hydrogen-bond donors (Lipinski definition) is 2. The van der Waals surface area contributed by atoms with Crippen molar-refractivity contribution in [3.63, 3.8) is 0 Å². The fourth-order valence-corrected chi connectivity index (χ4v) is 3.69. The second-order valence-corrected chi connectivity index (χ2v) is 6.73. The lowest BCUT2D eigenvalue weighted by atomic mass is 9.83. The number of amides is 1. The summed E-state index contributed by atoms with van der Waals surface area (Å²) in [6.07, 6.45) is 7.41. The van der Waals surface area contributed by atoms with Gasteiger partial charge in [-0.2, -0.15) is 0 Å². The standard InChI is InChI=1S/C14H21N3OS2/c1-10-11(20-9-16-10)12(18)17-14(13(15)19)7-5-3-2-4-6-8-14/h9H,2-8H2,1H3,(H2,15,19)(H,17,18). The SMILES string of the molecule is Cc1ncsc1C(=O)NC1(C(N)=S)CCCCCCC1. The zero-order valence-electron chi connectivity index (χ0n) is 11.8. The van der Waals surface area contributed by atoms with Gasteiger partial charge in [0.1, 0.15) is 4.88 Å². The predicted octanol–water partition coefficient (Wildman–Crippen LogP) is 2.95. The van der Waals surface area contributed by atoms with Gasteiger partial charge in [0, 0.05) is 0 Å². The van der Waals surface area contributed by atoms with Crippen molar-refractivity contribution in [2.75, 3.05) is 0 Å². The summed E-state index contributed by atoms with van der Waals surface area (Å²) in [4.78, 5) is 17.6. The van der Waals surface area contributed by atoms with Crippen molar-refractivity contribution in [3.05, 3.63) is 16.1 Å². The lowest BCUT2D eigenvalue weighted by Crippen LogP contribution is -2.57. The molecule has 0 aromatic carbocycles. The molecule has 1 aromatic heterocycles. The minimum atomic E-state index is -0.525. The molecule has 4 nitrogen and oxygen atoms in total. The largest absolute Gasteiger partial charge is 0.391 e. The van der Waals surface area contributed by atoms with Crippen molar-refractivity contribution in [2.45, 2.75) is 57.4 Å². The van der Waals surface area contributed by atoms with Gasteiger partial charge >= 0.3 is 0 Å². The minimum Gasteiger partial charge on any atom is -0.391 e. The summed E-state index contributed by atoms with van der Waals surface area (Å²) >= 11 is 6.62. The molecule has 1 amide bonds. The van der Waals surface area contributed by atoms with Crippen LogP contribution in [0.4, 0.5) is 0 Å². The van der Waals surface area contributed by atoms with Crippen LogP contribution in [0, 0.1) is 6.92 Å². The van der Waals surface area contributed by atoms with Crippen LogP contribution in [-0.2, 0) is 0 Å². The van der Waals surface area contributed by atoms with Gasteiger partial charge in [-0.05, 0) is 19.8 Å². The maximum atomic E-state index is 12.4. The van der Waals surface area contributed by atoms with Gasteiger partial charge in [0.2, 0.25) is 0 Å². The molecule has 0 atom stereocenters. The van der Waals surface area contributed by atoms with Crippen LogP contribution in [-0.4, -0.2) is 21.4 Å². The van der Waals surface area contributed by atoms with E-state index in [4.69, 9.17) is 18.0 Å². The topological polar surface area (TPSA) is 68.0 Å². The molecule has 3 N–H and O–H groups in total. The van der Waals surface area contributed by atoms with Gasteiger partial charge in [-0.3, -0.25) is 4.79 Å². The molecule has 0 unspecified atom stereocenters. The minimum absolute atomic E-state index is 0.0987. The monoisotopic (exact) mass is 311 g/mol. The lowest BCUT2D eigenvalue weighted by molar-refractivity contribution is 0.0916. The molecule has 1 saturated carbocycles. The van der Waals surface area contributed by atoms with E-state index in [0.717, 1.165) is 31.4 Å². The highest BCUT2D eigenvalue weighted by atomic mass is 32.1. The van der Waals surface area contributed by atoms with Crippen molar-refractivity contribution in [2.24, 2.45) is 5.73 Å². The van der Waals surface area contributed by atoms with Crippen molar-refractivity contribution in [3.8, 4) is 0 Å². The van der Waals surface area contributed by atoms with Crippen LogP contribution < -0.4 is 11.1 Å². The molecule has 1 fully saturated rings. The smallest absolute Gasteiger partial charge is 0.264 e. The number of nitrogens with one attached hydrogen (secondary N) is 1. The quantitative estimate of drug-likeness (QED) is 0.842. The van der Waals surface area contributed by atoms with Crippen LogP contribution in [0.1, 0.15) is 60.3 Å². The zero-order chi connectivity index (χ0) is 14.6. The summed E-state index contributed by atoms with van der Waals surface area (Å²) in [7, 11) is 0. The molecule has 6 heteroatoms. The first kappa shape index (κ1) is 15.4. The number of thiocarbonyl (C=S) groups is 1. The highest BCUT2D eigenvalue weighted by Gasteiger charge is 2.35. The first-order valence-electron chi connectivity index (χ1n) is 7.08. The number of aromatic nitrogens is 1. The average Bonchev–Trinajstić information content (AvgIpc) is 2.78. The van der Waals surface area contributed by atoms with Crippen LogP contribution in [0.15, 0.2) is 5.51 Å². The first-order valence-corrected chi connectivity index (χ1v) is 8.36. The maximum absolute atomic E-state index is 12.4. The molecular weight excluding hydrogens is 290 g/mol. The number of aryl methyl sites for hydroxylation is 1. The molecular formula is C14H21N3OS2. The van der Waals surface area contributed by atoms with Gasteiger partial charge in [0.05, 0.1) is 21.7 Å². The molecule has 0 saturated heterocycles. The third kappa shape index (κ3) is 3.35. The number of rotatable bonds is 3. The molecule has 1 aliphatic carbocycles. The molecule has 1 aromatic rings. The van der Waals surface area contributed by atoms with Gasteiger partial charge in [0.15, 0.2) is 0 Å². The molecule has 0 aliphatic heterocycles. The molecule has 0 radical (unpaired) electrons. The third-order valence-corrected chi connectivity index (χ3v) is 5.30. The Labute approximate surface area is 129 Å². The molecule has 2 rings (SSSR count). The first-order chi connectivity index (χ1) is 9.55. The van der Waals surface area contributed by atoms with E-state index >= 15 is 0 Å². The van der Waals surface area contributed by atoms with E-state index in [-0.39, 0.29) is 5.91 Å². The van der Waals surface area contributed by atoms with Crippen molar-refractivity contribution < 1.29 is 4.79 Å². The second kappa shape index (κ2) is 6.63. The summed E-state index contributed by atoms with van der Waals surface area (Å²) in [5.41, 5.74) is 7.89. The Balaban J connectivity index is 2.17. The number of carbonyl (C=O) groups excluding carboxylic acids is 1. The van der Waals surface area contributed by atoms with E-state index in [2.05, 4.69) is 10.3 Å². The van der Waals surface area contributed by atoms with Crippen LogP contribution >= 0.6 is 23.6 Å². The number of hydrogen-bond acceptors (Lipinski definition) is 4. The Hall–Kier alpha value is -1.01. The van der Waals surface area contributed by atoms with E-state index in [9.17, 15) is 4.79 Å². The fourth-order valence-electron chi connectivity index (χ4n) is 2.74. The van der Waals surface area contributed by atoms with E-state index < -0.39 is 5.54 Å². The number of carbonyl (C=O) groups is 1. The van der Waals surface area contributed by atoms with Gasteiger partial charge < -0.3 is 11.1 Å². The maximum Gasteiger partial charge on any atom is 0.264 e. The molecule has 0 bridgehead atoms. The van der Waals surface area contributed by atoms with E-state index in [1.54, 1.807) is 5.51 Å². The Morgan fingerprint density at radius 1 is 1.35 bits per heavy atom. The van der Waals surface area contributed by atoms with Crippen molar-refractivity contribution >= 4 is 34.5 Å². The van der Waals surface area contributed by atoms with Crippen LogP contribution in [0.3, 0.4) is 0 Å². The summed E-state index contributed by atoms with van der Waals surface area (Å²) in [5, 5.41) is 3.11. The van der Waals surface area contributed by atoms with Crippen LogP contribution in [0.2, 0.25) is 0 Å². The molecule has 1 heterocycles. The van der Waals surface area contributed by atoms with Gasteiger partial charge in [0.25, 0.3) is 5.91 Å². The van der Waals surface area contributed by atoms with Crippen LogP contribution in [0.5, 0.6) is 0 Å². The Morgan fingerprint density at radius 2 is 1.95 bits per heavy atom. The van der Waals surface area contributed by atoms with Gasteiger partial charge in [-0.1, -0.05) is 44.3 Å². The van der Waals surface area contributed by atoms with Crippen molar-refractivity contribution in [1.29, 1.82) is 0 Å². The Kier molecular flexibility index (Phi) is 5.10. The fraction of sp³-hybridized carbons (Fsp3) is 0.643. The van der Waals surface area contributed by atoms with Crippen molar-refractivity contribution in [1.82, 2.24) is 10.3 Å². The highest BCUT2D eigenvalue weighted by molar-refractivity contribution is 7.80. The van der Waals surface area contributed by atoms with Crippen LogP contribution in [0.25, 0.3) is 0 Å². The zero-order valence-corrected chi connectivity index (χ0v) is 13.4. The normalized spacial score (nSPS) is 18.9. The van der Waals surface area contributed by atoms with Gasteiger partial charge in [-0.15, -0.1) is 11.3 Å². The summed E-state index contributed by atoms with van der Waals surface area (Å²) in [6, 6.07) is 0. The summed E-state index contributed by atoms with van der Waals surface area (Å²) in [6.45, 7) is 1.84. The second-order valence-electron chi connectivity index (χ2n) is 5.44. The highest BCUT2D eigenvalue weighted by Crippen LogP contribution is 2.28. The number of nitrogens with zero attached hydrogens (tertiary/aromatic N) is 1. The molecule has 20 heavy (non-hydrogen) atoms. The molecule has 1 aliphatic rings. The summed E-state index contributed by atoms with van der Waals surface area (Å²) in [5.74, 6) is -0.0987. The lowest BCUT2D eigenvalue weighted by Gasteiger charge is -2.35. The Bertz CT molecular complexity index is 490. The Morgan fingerprint density at radius 3 is 2.45 bits per heavy atom. The number of nitrogens with two attached hydrogens (primary N) is 1. The summed E-state index contributed by atoms with van der Waals surface area (Å²) < 4.78 is 0. The van der Waals surface area contributed by atoms with E-state index in [0.29, 0.717) is 9.87 Å². The third-order valence-electron chi connectivity index (χ3n) is 3.98.